The summed E-state index contributed by atoms with van der Waals surface area (Å²) >= 11 is 0. The molecule has 0 saturated heterocycles. The van der Waals surface area contributed by atoms with Crippen LogP contribution in [0.25, 0.3) is 11.1 Å². The number of nitrogens with one attached hydrogen (secondary N) is 2. The minimum atomic E-state index is -0.897. The number of carboxylic acid groups (broad SMARTS) is 1. The Balaban J connectivity index is 1.14. The Kier molecular flexibility index (Phi) is 6.03. The number of benzene rings is 2. The average molecular weight is 477 g/mol. The Morgan fingerprint density at radius 1 is 1.03 bits per heavy atom. The Morgan fingerprint density at radius 3 is 2.26 bits per heavy atom. The maximum absolute atomic E-state index is 12.9. The van der Waals surface area contributed by atoms with Crippen LogP contribution in [0.1, 0.15) is 50.2 Å². The van der Waals surface area contributed by atoms with Gasteiger partial charge in [-0.2, -0.15) is 0 Å². The largest absolute Gasteiger partial charge is 0.481 e. The number of carboxylic acids is 1. The summed E-state index contributed by atoms with van der Waals surface area (Å²) in [6, 6.07) is 16.3. The van der Waals surface area contributed by atoms with Crippen LogP contribution in [0.5, 0.6) is 0 Å². The van der Waals surface area contributed by atoms with Crippen molar-refractivity contribution in [3.63, 3.8) is 0 Å². The second kappa shape index (κ2) is 9.02. The van der Waals surface area contributed by atoms with E-state index in [1.807, 2.05) is 38.1 Å². The highest BCUT2D eigenvalue weighted by molar-refractivity contribution is 5.87. The molecule has 7 heteroatoms. The summed E-state index contributed by atoms with van der Waals surface area (Å²) < 4.78 is 5.66. The summed E-state index contributed by atoms with van der Waals surface area (Å²) in [5.41, 5.74) is 4.22. The van der Waals surface area contributed by atoms with Gasteiger partial charge in [0, 0.05) is 18.5 Å². The standard InChI is InChI=1S/C28H32N2O5/c1-16(2)23(25(31)32)14-29-26(33)28-12-17(28)11-18(13-28)30-27(34)35-15-24-21-9-5-3-7-19(21)20-8-4-6-10-22(20)24/h3-10,16-18,23-24H,11-15H2,1-2H3,(H,29,33)(H,30,34)(H,31,32)/t17-,18+,23?,28+/m1/s1. The van der Waals surface area contributed by atoms with Crippen LogP contribution in [0.4, 0.5) is 4.79 Å². The SMILES string of the molecule is CC(C)C(CNC(=O)[C@@]12C[C@@H](NC(=O)OCC3c4ccccc4-c4ccccc43)C[C@@H]1C2)C(=O)O. The summed E-state index contributed by atoms with van der Waals surface area (Å²) in [4.78, 5) is 36.9. The van der Waals surface area contributed by atoms with Gasteiger partial charge >= 0.3 is 12.1 Å². The minimum absolute atomic E-state index is 0.00499. The third kappa shape index (κ3) is 4.28. The van der Waals surface area contributed by atoms with E-state index in [4.69, 9.17) is 4.74 Å². The lowest BCUT2D eigenvalue weighted by Crippen LogP contribution is -2.41. The molecule has 184 valence electrons. The smallest absolute Gasteiger partial charge is 0.407 e. The third-order valence-corrected chi connectivity index (χ3v) is 8.13. The average Bonchev–Trinajstić information content (AvgIpc) is 3.25. The lowest BCUT2D eigenvalue weighted by atomic mass is 9.95. The lowest BCUT2D eigenvalue weighted by molar-refractivity contribution is -0.143. The van der Waals surface area contributed by atoms with E-state index in [0.29, 0.717) is 6.42 Å². The predicted molar refractivity (Wildman–Crippen MR) is 131 cm³/mol. The van der Waals surface area contributed by atoms with E-state index in [1.54, 1.807) is 0 Å². The number of amides is 2. The molecule has 0 aliphatic heterocycles. The van der Waals surface area contributed by atoms with Gasteiger partial charge in [0.25, 0.3) is 0 Å². The Hall–Kier alpha value is -3.35. The van der Waals surface area contributed by atoms with Crippen molar-refractivity contribution in [3.8, 4) is 11.1 Å². The van der Waals surface area contributed by atoms with E-state index in [0.717, 1.165) is 12.8 Å². The maximum Gasteiger partial charge on any atom is 0.407 e. The zero-order chi connectivity index (χ0) is 24.7. The van der Waals surface area contributed by atoms with Gasteiger partial charge < -0.3 is 20.5 Å². The van der Waals surface area contributed by atoms with Crippen molar-refractivity contribution in [2.45, 2.75) is 45.1 Å². The van der Waals surface area contributed by atoms with Gasteiger partial charge in [-0.25, -0.2) is 4.79 Å². The Morgan fingerprint density at radius 2 is 1.66 bits per heavy atom. The fraction of sp³-hybridized carbons (Fsp3) is 0.464. The molecule has 0 heterocycles. The number of ether oxygens (including phenoxy) is 1. The van der Waals surface area contributed by atoms with E-state index < -0.39 is 23.4 Å². The fourth-order valence-corrected chi connectivity index (χ4v) is 6.08. The van der Waals surface area contributed by atoms with Gasteiger partial charge in [-0.15, -0.1) is 0 Å². The Labute approximate surface area is 205 Å². The summed E-state index contributed by atoms with van der Waals surface area (Å²) in [5, 5.41) is 15.2. The van der Waals surface area contributed by atoms with Crippen molar-refractivity contribution in [3.05, 3.63) is 59.7 Å². The number of rotatable bonds is 8. The molecule has 2 saturated carbocycles. The first-order chi connectivity index (χ1) is 16.8. The van der Waals surface area contributed by atoms with E-state index in [9.17, 15) is 19.5 Å². The molecule has 3 N–H and O–H groups in total. The molecule has 1 unspecified atom stereocenters. The molecule has 4 atom stereocenters. The molecular weight excluding hydrogens is 444 g/mol. The van der Waals surface area contributed by atoms with Crippen molar-refractivity contribution in [1.82, 2.24) is 10.6 Å². The van der Waals surface area contributed by atoms with E-state index in [1.165, 1.54) is 22.3 Å². The molecule has 3 aliphatic rings. The molecular formula is C28H32N2O5. The number of carbonyl (C=O) groups is 3. The number of carbonyl (C=O) groups excluding carboxylic acids is 2. The zero-order valence-corrected chi connectivity index (χ0v) is 20.1. The molecule has 0 spiro atoms. The first-order valence-corrected chi connectivity index (χ1v) is 12.4. The molecule has 2 aromatic rings. The molecule has 5 rings (SSSR count). The molecule has 35 heavy (non-hydrogen) atoms. The van der Waals surface area contributed by atoms with E-state index in [-0.39, 0.29) is 42.9 Å². The Bertz CT molecular complexity index is 1120. The highest BCUT2D eigenvalue weighted by Gasteiger charge is 2.65. The van der Waals surface area contributed by atoms with Gasteiger partial charge in [-0.1, -0.05) is 62.4 Å². The van der Waals surface area contributed by atoms with Crippen molar-refractivity contribution in [2.75, 3.05) is 13.2 Å². The molecule has 2 amide bonds. The van der Waals surface area contributed by atoms with Crippen molar-refractivity contribution in [2.24, 2.45) is 23.2 Å². The molecule has 0 aromatic heterocycles. The summed E-state index contributed by atoms with van der Waals surface area (Å²) in [6.07, 6.45) is 1.64. The molecule has 0 bridgehead atoms. The van der Waals surface area contributed by atoms with Gasteiger partial charge in [0.05, 0.1) is 11.3 Å². The summed E-state index contributed by atoms with van der Waals surface area (Å²) in [5.74, 6) is -1.43. The van der Waals surface area contributed by atoms with Crippen LogP contribution in [0.2, 0.25) is 0 Å². The van der Waals surface area contributed by atoms with E-state index >= 15 is 0 Å². The second-order valence-corrected chi connectivity index (χ2v) is 10.6. The topological polar surface area (TPSA) is 105 Å². The molecule has 2 fully saturated rings. The van der Waals surface area contributed by atoms with Gasteiger partial charge in [0.2, 0.25) is 5.91 Å². The summed E-state index contributed by atoms with van der Waals surface area (Å²) in [7, 11) is 0. The quantitative estimate of drug-likeness (QED) is 0.531. The van der Waals surface area contributed by atoms with Crippen LogP contribution in [-0.4, -0.2) is 42.3 Å². The molecule has 0 radical (unpaired) electrons. The number of alkyl carbamates (subject to hydrolysis) is 1. The zero-order valence-electron chi connectivity index (χ0n) is 20.1. The van der Waals surface area contributed by atoms with Crippen molar-refractivity contribution >= 4 is 18.0 Å². The van der Waals surface area contributed by atoms with Crippen LogP contribution in [0.3, 0.4) is 0 Å². The highest BCUT2D eigenvalue weighted by atomic mass is 16.5. The molecule has 3 aliphatic carbocycles. The fourth-order valence-electron chi connectivity index (χ4n) is 6.08. The maximum atomic E-state index is 12.9. The molecule has 2 aromatic carbocycles. The number of aliphatic carboxylic acids is 1. The van der Waals surface area contributed by atoms with Crippen LogP contribution < -0.4 is 10.6 Å². The van der Waals surface area contributed by atoms with Gasteiger partial charge in [0.15, 0.2) is 0 Å². The van der Waals surface area contributed by atoms with Crippen LogP contribution >= 0.6 is 0 Å². The number of fused-ring (bicyclic) bond motifs is 4. The van der Waals surface area contributed by atoms with Gasteiger partial charge in [-0.3, -0.25) is 9.59 Å². The highest BCUT2D eigenvalue weighted by Crippen LogP contribution is 2.63. The molecule has 7 nitrogen and oxygen atoms in total. The minimum Gasteiger partial charge on any atom is -0.481 e. The van der Waals surface area contributed by atoms with E-state index in [2.05, 4.69) is 34.9 Å². The third-order valence-electron chi connectivity index (χ3n) is 8.13. The van der Waals surface area contributed by atoms with Crippen molar-refractivity contribution < 1.29 is 24.2 Å². The summed E-state index contributed by atoms with van der Waals surface area (Å²) in [6.45, 7) is 4.07. The van der Waals surface area contributed by atoms with Gasteiger partial charge in [0.1, 0.15) is 6.61 Å². The van der Waals surface area contributed by atoms with Gasteiger partial charge in [-0.05, 0) is 53.4 Å². The van der Waals surface area contributed by atoms with Crippen molar-refractivity contribution in [1.29, 1.82) is 0 Å². The number of hydrogen-bond donors (Lipinski definition) is 3. The normalized spacial score (nSPS) is 24.8. The lowest BCUT2D eigenvalue weighted by Gasteiger charge is -2.21. The predicted octanol–water partition coefficient (Wildman–Crippen LogP) is 4.17. The first kappa shape index (κ1) is 23.4. The monoisotopic (exact) mass is 476 g/mol. The van der Waals surface area contributed by atoms with Crippen LogP contribution in [0.15, 0.2) is 48.5 Å². The second-order valence-electron chi connectivity index (χ2n) is 10.6. The number of hydrogen-bond acceptors (Lipinski definition) is 4. The van der Waals surface area contributed by atoms with Crippen LogP contribution in [-0.2, 0) is 14.3 Å². The first-order valence-electron chi connectivity index (χ1n) is 12.4. The van der Waals surface area contributed by atoms with Crippen LogP contribution in [0, 0.1) is 23.2 Å².